The van der Waals surface area contributed by atoms with E-state index >= 15 is 0 Å². The number of carboxylic acids is 1. The average Bonchev–Trinajstić information content (AvgIpc) is 2.66. The van der Waals surface area contributed by atoms with Crippen LogP contribution >= 0.6 is 0 Å². The van der Waals surface area contributed by atoms with Crippen LogP contribution < -0.4 is 16.0 Å². The van der Waals surface area contributed by atoms with Gasteiger partial charge in [0.2, 0.25) is 5.91 Å². The maximum atomic E-state index is 12.1. The predicted molar refractivity (Wildman–Crippen MR) is 103 cm³/mol. The molecule has 4 N–H and O–H groups in total. The van der Waals surface area contributed by atoms with Crippen molar-refractivity contribution >= 4 is 23.6 Å². The van der Waals surface area contributed by atoms with Crippen LogP contribution in [0.1, 0.15) is 51.5 Å². The Labute approximate surface area is 159 Å². The molecule has 0 spiro atoms. The van der Waals surface area contributed by atoms with E-state index in [0.717, 1.165) is 12.0 Å². The van der Waals surface area contributed by atoms with E-state index in [2.05, 4.69) is 16.0 Å². The number of carbonyl (C=O) groups excluding carboxylic acids is 2. The van der Waals surface area contributed by atoms with Crippen LogP contribution in [0, 0.1) is 11.8 Å². The Morgan fingerprint density at radius 2 is 1.89 bits per heavy atom. The van der Waals surface area contributed by atoms with Crippen molar-refractivity contribution in [3.63, 3.8) is 0 Å². The van der Waals surface area contributed by atoms with Gasteiger partial charge in [0.05, 0.1) is 5.92 Å². The maximum absolute atomic E-state index is 12.1. The van der Waals surface area contributed by atoms with E-state index in [0.29, 0.717) is 37.9 Å². The first-order valence-corrected chi connectivity index (χ1v) is 9.56. The monoisotopic (exact) mass is 375 g/mol. The van der Waals surface area contributed by atoms with E-state index in [1.54, 1.807) is 0 Å². The third-order valence-electron chi connectivity index (χ3n) is 5.12. The lowest BCUT2D eigenvalue weighted by Crippen LogP contribution is -2.43. The minimum absolute atomic E-state index is 0.0155. The zero-order valence-electron chi connectivity index (χ0n) is 16.0. The second-order valence-corrected chi connectivity index (χ2v) is 7.21. The summed E-state index contributed by atoms with van der Waals surface area (Å²) in [5.41, 5.74) is 1.61. The molecular weight excluding hydrogens is 346 g/mol. The van der Waals surface area contributed by atoms with E-state index in [1.807, 2.05) is 38.1 Å². The summed E-state index contributed by atoms with van der Waals surface area (Å²) in [4.78, 5) is 35.0. The van der Waals surface area contributed by atoms with Gasteiger partial charge in [-0.1, -0.05) is 26.0 Å². The third kappa shape index (κ3) is 6.58. The molecule has 7 nitrogen and oxygen atoms in total. The number of nitrogens with one attached hydrogen (secondary N) is 3. The van der Waals surface area contributed by atoms with Gasteiger partial charge in [-0.15, -0.1) is 0 Å². The summed E-state index contributed by atoms with van der Waals surface area (Å²) >= 11 is 0. The van der Waals surface area contributed by atoms with Crippen molar-refractivity contribution in [2.75, 3.05) is 5.32 Å². The Morgan fingerprint density at radius 1 is 1.19 bits per heavy atom. The molecule has 0 radical (unpaired) electrons. The quantitative estimate of drug-likeness (QED) is 0.587. The molecule has 27 heavy (non-hydrogen) atoms. The molecule has 0 saturated heterocycles. The van der Waals surface area contributed by atoms with Crippen LogP contribution in [0.15, 0.2) is 24.3 Å². The first-order valence-electron chi connectivity index (χ1n) is 9.56. The minimum Gasteiger partial charge on any atom is -0.481 e. The molecule has 3 amide bonds. The molecule has 0 aromatic heterocycles. The molecule has 1 aromatic carbocycles. The van der Waals surface area contributed by atoms with Crippen molar-refractivity contribution in [1.82, 2.24) is 10.6 Å². The topological polar surface area (TPSA) is 108 Å². The van der Waals surface area contributed by atoms with Crippen molar-refractivity contribution in [2.45, 2.75) is 58.5 Å². The molecule has 1 aliphatic carbocycles. The van der Waals surface area contributed by atoms with Crippen LogP contribution in [-0.4, -0.2) is 29.1 Å². The number of urea groups is 1. The van der Waals surface area contributed by atoms with E-state index in [4.69, 9.17) is 5.11 Å². The lowest BCUT2D eigenvalue weighted by atomic mass is 9.86. The van der Waals surface area contributed by atoms with Gasteiger partial charge in [-0.25, -0.2) is 4.79 Å². The number of amides is 3. The largest absolute Gasteiger partial charge is 0.481 e. The minimum atomic E-state index is -0.752. The Bertz CT molecular complexity index is 669. The van der Waals surface area contributed by atoms with E-state index in [-0.39, 0.29) is 29.8 Å². The van der Waals surface area contributed by atoms with Gasteiger partial charge in [-0.2, -0.15) is 0 Å². The Kier molecular flexibility index (Phi) is 7.64. The van der Waals surface area contributed by atoms with Crippen molar-refractivity contribution in [1.29, 1.82) is 0 Å². The molecule has 1 atom stereocenters. The molecule has 0 bridgehead atoms. The van der Waals surface area contributed by atoms with E-state index in [1.165, 1.54) is 0 Å². The molecule has 148 valence electrons. The summed E-state index contributed by atoms with van der Waals surface area (Å²) in [6, 6.07) is 7.15. The van der Waals surface area contributed by atoms with Gasteiger partial charge in [0.15, 0.2) is 0 Å². The van der Waals surface area contributed by atoms with Crippen molar-refractivity contribution in [2.24, 2.45) is 11.8 Å². The molecule has 2 rings (SSSR count). The summed E-state index contributed by atoms with van der Waals surface area (Å²) in [5, 5.41) is 17.6. The molecule has 7 heteroatoms. The highest BCUT2D eigenvalue weighted by atomic mass is 16.4. The highest BCUT2D eigenvalue weighted by Crippen LogP contribution is 2.24. The Hall–Kier alpha value is -2.57. The number of hydrogen-bond donors (Lipinski definition) is 4. The molecule has 0 heterocycles. The summed E-state index contributed by atoms with van der Waals surface area (Å²) in [7, 11) is 0. The standard InChI is InChI=1S/C20H29N3O4/c1-3-13(2)18(24)22-17-6-4-5-14(11-17)12-21-20(27)23-16-9-7-15(8-10-16)19(25)26/h4-6,11,13,15-16H,3,7-10,12H2,1-2H3,(H,22,24)(H,25,26)(H2,21,23,27). The second kappa shape index (κ2) is 9.94. The number of hydrogen-bond acceptors (Lipinski definition) is 3. The fourth-order valence-corrected chi connectivity index (χ4v) is 3.11. The second-order valence-electron chi connectivity index (χ2n) is 7.21. The maximum Gasteiger partial charge on any atom is 0.315 e. The first kappa shape index (κ1) is 20.7. The Morgan fingerprint density at radius 3 is 2.52 bits per heavy atom. The van der Waals surface area contributed by atoms with Gasteiger partial charge >= 0.3 is 12.0 Å². The lowest BCUT2D eigenvalue weighted by molar-refractivity contribution is -0.142. The third-order valence-corrected chi connectivity index (χ3v) is 5.12. The van der Waals surface area contributed by atoms with Crippen LogP contribution in [0.3, 0.4) is 0 Å². The van der Waals surface area contributed by atoms with Crippen molar-refractivity contribution in [3.05, 3.63) is 29.8 Å². The molecule has 1 unspecified atom stereocenters. The number of carbonyl (C=O) groups is 3. The number of aliphatic carboxylic acids is 1. The SMILES string of the molecule is CCC(C)C(=O)Nc1cccc(CNC(=O)NC2CCC(C(=O)O)CC2)c1. The van der Waals surface area contributed by atoms with Crippen molar-refractivity contribution < 1.29 is 19.5 Å². The van der Waals surface area contributed by atoms with Crippen LogP contribution in [0.25, 0.3) is 0 Å². The predicted octanol–water partition coefficient (Wildman–Crippen LogP) is 3.11. The molecule has 1 saturated carbocycles. The first-order chi connectivity index (χ1) is 12.9. The lowest BCUT2D eigenvalue weighted by Gasteiger charge is -2.26. The fraction of sp³-hybridized carbons (Fsp3) is 0.550. The molecule has 1 aliphatic rings. The van der Waals surface area contributed by atoms with Gasteiger partial charge in [0, 0.05) is 24.2 Å². The number of carboxylic acid groups (broad SMARTS) is 1. The van der Waals surface area contributed by atoms with Crippen LogP contribution in [0.2, 0.25) is 0 Å². The normalized spacial score (nSPS) is 20.4. The van der Waals surface area contributed by atoms with Gasteiger partial charge < -0.3 is 21.1 Å². The smallest absolute Gasteiger partial charge is 0.315 e. The highest BCUT2D eigenvalue weighted by molar-refractivity contribution is 5.92. The number of benzene rings is 1. The van der Waals surface area contributed by atoms with E-state index in [9.17, 15) is 14.4 Å². The van der Waals surface area contributed by atoms with Gasteiger partial charge in [-0.05, 0) is 49.8 Å². The van der Waals surface area contributed by atoms with Crippen molar-refractivity contribution in [3.8, 4) is 0 Å². The van der Waals surface area contributed by atoms with Gasteiger partial charge in [0.25, 0.3) is 0 Å². The molecule has 0 aliphatic heterocycles. The summed E-state index contributed by atoms with van der Waals surface area (Å²) in [5.74, 6) is -1.11. The summed E-state index contributed by atoms with van der Waals surface area (Å²) in [6.07, 6.45) is 3.33. The molecule has 1 fully saturated rings. The van der Waals surface area contributed by atoms with Crippen LogP contribution in [-0.2, 0) is 16.1 Å². The van der Waals surface area contributed by atoms with Gasteiger partial charge in [-0.3, -0.25) is 9.59 Å². The zero-order chi connectivity index (χ0) is 19.8. The van der Waals surface area contributed by atoms with Crippen LogP contribution in [0.5, 0.6) is 0 Å². The molecular formula is C20H29N3O4. The van der Waals surface area contributed by atoms with Gasteiger partial charge in [0.1, 0.15) is 0 Å². The average molecular weight is 375 g/mol. The Balaban J connectivity index is 1.77. The van der Waals surface area contributed by atoms with E-state index < -0.39 is 5.97 Å². The number of anilines is 1. The summed E-state index contributed by atoms with van der Waals surface area (Å²) in [6.45, 7) is 4.20. The zero-order valence-corrected chi connectivity index (χ0v) is 16.0. The summed E-state index contributed by atoms with van der Waals surface area (Å²) < 4.78 is 0. The highest BCUT2D eigenvalue weighted by Gasteiger charge is 2.26. The van der Waals surface area contributed by atoms with Crippen LogP contribution in [0.4, 0.5) is 10.5 Å². The molecule has 1 aromatic rings. The number of rotatable bonds is 7. The fourth-order valence-electron chi connectivity index (χ4n) is 3.11.